The van der Waals surface area contributed by atoms with Crippen LogP contribution in [-0.2, 0) is 19.1 Å². The maximum Gasteiger partial charge on any atom is 1.00 e. The number of esters is 2. The van der Waals surface area contributed by atoms with E-state index in [4.69, 9.17) is 11.5 Å². The number of carbonyl (C=O) groups excluding carboxylic acids is 3. The van der Waals surface area contributed by atoms with E-state index in [1.807, 2.05) is 0 Å². The van der Waals surface area contributed by atoms with Crippen LogP contribution in [0.25, 0.3) is 0 Å². The van der Waals surface area contributed by atoms with Gasteiger partial charge in [0.2, 0.25) is 0 Å². The molecule has 0 atom stereocenters. The third-order valence-corrected chi connectivity index (χ3v) is 0.728. The molecule has 0 spiro atoms. The Morgan fingerprint density at radius 3 is 1.43 bits per heavy atom. The molecule has 0 bridgehead atoms. The molecule has 0 aromatic rings. The zero-order chi connectivity index (χ0) is 9.56. The van der Waals surface area contributed by atoms with Crippen molar-refractivity contribution >= 4 is 18.1 Å². The Morgan fingerprint density at radius 2 is 1.21 bits per heavy atom. The first-order chi connectivity index (χ1) is 5.60. The van der Waals surface area contributed by atoms with Gasteiger partial charge in [-0.05, 0) is 0 Å². The van der Waals surface area contributed by atoms with E-state index in [0.29, 0.717) is 0 Å². The number of rotatable bonds is 2. The summed E-state index contributed by atoms with van der Waals surface area (Å²) >= 11 is 0. The molecule has 14 heavy (non-hydrogen) atoms. The number of hydrogen-bond acceptors (Lipinski definition) is 7. The van der Waals surface area contributed by atoms with E-state index < -0.39 is 31.2 Å². The molecule has 0 saturated carbocycles. The first-order valence-corrected chi connectivity index (χ1v) is 2.95. The predicted octanol–water partition coefficient (Wildman–Crippen LogP) is -7.66. The van der Waals surface area contributed by atoms with E-state index in [9.17, 15) is 14.4 Å². The Kier molecular flexibility index (Phi) is 16.6. The van der Waals surface area contributed by atoms with E-state index >= 15 is 0 Å². The van der Waals surface area contributed by atoms with Crippen molar-refractivity contribution in [3.05, 3.63) is 0 Å². The zero-order valence-corrected chi connectivity index (χ0v) is 12.1. The molecule has 0 saturated heterocycles. The standard InChI is InChI=1S/C5H8N2O5.2Na.2H/c6-1-3(8)11-5(10)12-4(9)2-7;;;;/h1-2,6-7H2;;;;/q;2*+1;2*-1. The third kappa shape index (κ3) is 10.6. The monoisotopic (exact) mass is 224 g/mol. The summed E-state index contributed by atoms with van der Waals surface area (Å²) in [6, 6.07) is 0. The minimum absolute atomic E-state index is 0. The topological polar surface area (TPSA) is 122 Å². The van der Waals surface area contributed by atoms with Gasteiger partial charge in [-0.1, -0.05) is 0 Å². The van der Waals surface area contributed by atoms with Crippen molar-refractivity contribution in [2.75, 3.05) is 13.1 Å². The predicted molar refractivity (Wildman–Crippen MR) is 37.9 cm³/mol. The van der Waals surface area contributed by atoms with Crippen LogP contribution in [0, 0.1) is 0 Å². The van der Waals surface area contributed by atoms with Crippen LogP contribution in [0.5, 0.6) is 0 Å². The normalized spacial score (nSPS) is 7.57. The summed E-state index contributed by atoms with van der Waals surface area (Å²) in [4.78, 5) is 31.0. The Morgan fingerprint density at radius 1 is 0.929 bits per heavy atom. The van der Waals surface area contributed by atoms with Crippen LogP contribution in [-0.4, -0.2) is 31.2 Å². The summed E-state index contributed by atoms with van der Waals surface area (Å²) in [5, 5.41) is 0. The van der Waals surface area contributed by atoms with Gasteiger partial charge in [-0.25, -0.2) is 4.79 Å². The second kappa shape index (κ2) is 11.6. The van der Waals surface area contributed by atoms with Crippen molar-refractivity contribution in [1.29, 1.82) is 0 Å². The Labute approximate surface area is 127 Å². The molecular weight excluding hydrogens is 214 g/mol. The molecule has 0 heterocycles. The Hall–Kier alpha value is 0.530. The number of ether oxygens (including phenoxy) is 2. The van der Waals surface area contributed by atoms with Gasteiger partial charge in [-0.3, -0.25) is 9.59 Å². The first kappa shape index (κ1) is 20.0. The minimum atomic E-state index is -1.42. The van der Waals surface area contributed by atoms with Gasteiger partial charge in [-0.15, -0.1) is 0 Å². The van der Waals surface area contributed by atoms with Crippen LogP contribution < -0.4 is 70.6 Å². The number of carbonyl (C=O) groups is 3. The molecule has 7 nitrogen and oxygen atoms in total. The van der Waals surface area contributed by atoms with Crippen molar-refractivity contribution < 1.29 is 85.8 Å². The first-order valence-electron chi connectivity index (χ1n) is 2.95. The maximum absolute atomic E-state index is 10.4. The van der Waals surface area contributed by atoms with Crippen molar-refractivity contribution in [2.45, 2.75) is 0 Å². The Bertz CT molecular complexity index is 199. The third-order valence-electron chi connectivity index (χ3n) is 0.728. The fraction of sp³-hybridized carbons (Fsp3) is 0.400. The number of nitrogens with two attached hydrogens (primary N) is 2. The molecule has 0 rings (SSSR count). The van der Waals surface area contributed by atoms with E-state index in [1.54, 1.807) is 0 Å². The molecule has 0 fully saturated rings. The van der Waals surface area contributed by atoms with Crippen molar-refractivity contribution in [2.24, 2.45) is 11.5 Å². The van der Waals surface area contributed by atoms with Crippen LogP contribution in [0.1, 0.15) is 2.85 Å². The molecule has 0 aliphatic heterocycles. The molecule has 0 radical (unpaired) electrons. The molecular formula is C5H10N2Na2O5. The van der Waals surface area contributed by atoms with Gasteiger partial charge in [0.1, 0.15) is 0 Å². The van der Waals surface area contributed by atoms with Crippen molar-refractivity contribution in [3.63, 3.8) is 0 Å². The van der Waals surface area contributed by atoms with Gasteiger partial charge in [0, 0.05) is 0 Å². The summed E-state index contributed by atoms with van der Waals surface area (Å²) in [5.74, 6) is -1.96. The van der Waals surface area contributed by atoms with Crippen LogP contribution in [0.4, 0.5) is 4.79 Å². The van der Waals surface area contributed by atoms with Gasteiger partial charge in [0.05, 0.1) is 13.1 Å². The van der Waals surface area contributed by atoms with Crippen LogP contribution >= 0.6 is 0 Å². The molecule has 0 aliphatic carbocycles. The average molecular weight is 224 g/mol. The second-order valence-electron chi connectivity index (χ2n) is 1.61. The maximum atomic E-state index is 10.4. The van der Waals surface area contributed by atoms with Gasteiger partial charge in [-0.2, -0.15) is 0 Å². The summed E-state index contributed by atoms with van der Waals surface area (Å²) in [5.41, 5.74) is 9.58. The van der Waals surface area contributed by atoms with Crippen molar-refractivity contribution in [1.82, 2.24) is 0 Å². The molecule has 0 unspecified atom stereocenters. The quantitative estimate of drug-likeness (QED) is 0.271. The molecule has 72 valence electrons. The summed E-state index contributed by atoms with van der Waals surface area (Å²) < 4.78 is 7.74. The van der Waals surface area contributed by atoms with Crippen LogP contribution in [0.2, 0.25) is 0 Å². The Balaban J connectivity index is -0.000000101. The van der Waals surface area contributed by atoms with Crippen LogP contribution in [0.3, 0.4) is 0 Å². The van der Waals surface area contributed by atoms with Crippen LogP contribution in [0.15, 0.2) is 0 Å². The van der Waals surface area contributed by atoms with E-state index in [-0.39, 0.29) is 62.0 Å². The van der Waals surface area contributed by atoms with Gasteiger partial charge >= 0.3 is 77.2 Å². The molecule has 4 N–H and O–H groups in total. The number of hydrogen-bond donors (Lipinski definition) is 2. The second-order valence-corrected chi connectivity index (χ2v) is 1.61. The van der Waals surface area contributed by atoms with E-state index in [2.05, 4.69) is 9.47 Å². The summed E-state index contributed by atoms with van der Waals surface area (Å²) in [7, 11) is 0. The fourth-order valence-electron chi connectivity index (χ4n) is 0.290. The van der Waals surface area contributed by atoms with Crippen molar-refractivity contribution in [3.8, 4) is 0 Å². The SMILES string of the molecule is NCC(=O)OC(=O)OC(=O)CN.[H-].[H-].[Na+].[Na+]. The molecule has 0 aromatic carbocycles. The molecule has 0 aromatic heterocycles. The zero-order valence-electron chi connectivity index (χ0n) is 10.1. The van der Waals surface area contributed by atoms with Gasteiger partial charge < -0.3 is 23.8 Å². The molecule has 0 aliphatic rings. The average Bonchev–Trinajstić information content (AvgIpc) is 2.03. The molecule has 9 heteroatoms. The molecule has 0 amide bonds. The smallest absolute Gasteiger partial charge is 1.00 e. The van der Waals surface area contributed by atoms with Gasteiger partial charge in [0.25, 0.3) is 0 Å². The largest absolute Gasteiger partial charge is 1.00 e. The summed E-state index contributed by atoms with van der Waals surface area (Å²) in [6.07, 6.45) is -1.42. The fourth-order valence-corrected chi connectivity index (χ4v) is 0.290. The van der Waals surface area contributed by atoms with E-state index in [0.717, 1.165) is 0 Å². The summed E-state index contributed by atoms with van der Waals surface area (Å²) in [6.45, 7) is -0.933. The van der Waals surface area contributed by atoms with E-state index in [1.165, 1.54) is 0 Å². The minimum Gasteiger partial charge on any atom is -1.00 e. The van der Waals surface area contributed by atoms with Gasteiger partial charge in [0.15, 0.2) is 0 Å².